The van der Waals surface area contributed by atoms with Gasteiger partial charge in [-0.2, -0.15) is 0 Å². The highest BCUT2D eigenvalue weighted by atomic mass is 35.5. The minimum Gasteiger partial charge on any atom is -0.325 e. The Morgan fingerprint density at radius 3 is 2.20 bits per heavy atom. The van der Waals surface area contributed by atoms with Gasteiger partial charge in [-0.15, -0.1) is 24.8 Å². The predicted molar refractivity (Wildman–Crippen MR) is 44.9 cm³/mol. The molecule has 1 saturated heterocycles. The summed E-state index contributed by atoms with van der Waals surface area (Å²) in [6, 6.07) is 0.307. The third-order valence-electron chi connectivity index (χ3n) is 1.39. The van der Waals surface area contributed by atoms with Crippen LogP contribution in [0.1, 0.15) is 0 Å². The van der Waals surface area contributed by atoms with Gasteiger partial charge in [0.2, 0.25) is 0 Å². The number of nitrogens with two attached hydrogens (primary N) is 1. The Hall–Kier alpha value is 0.430. The van der Waals surface area contributed by atoms with Gasteiger partial charge in [-0.25, -0.2) is 4.39 Å². The van der Waals surface area contributed by atoms with Crippen molar-refractivity contribution >= 4 is 24.8 Å². The van der Waals surface area contributed by atoms with Gasteiger partial charge >= 0.3 is 0 Å². The Kier molecular flexibility index (Phi) is 8.04. The average molecular weight is 191 g/mol. The van der Waals surface area contributed by atoms with Crippen LogP contribution in [0.25, 0.3) is 0 Å². The van der Waals surface area contributed by atoms with Crippen LogP contribution in [0.15, 0.2) is 0 Å². The van der Waals surface area contributed by atoms with Crippen LogP contribution in [-0.2, 0) is 0 Å². The van der Waals surface area contributed by atoms with E-state index in [-0.39, 0.29) is 31.5 Å². The fraction of sp³-hybridized carbons (Fsp3) is 1.00. The van der Waals surface area contributed by atoms with Crippen LogP contribution < -0.4 is 5.73 Å². The zero-order valence-corrected chi connectivity index (χ0v) is 7.26. The molecule has 1 heterocycles. The molecule has 1 fully saturated rings. The lowest BCUT2D eigenvalue weighted by Gasteiger charge is -2.35. The van der Waals surface area contributed by atoms with Gasteiger partial charge in [-0.3, -0.25) is 4.90 Å². The molecule has 1 aliphatic heterocycles. The second-order valence-electron chi connectivity index (χ2n) is 2.21. The van der Waals surface area contributed by atoms with Gasteiger partial charge in [0.15, 0.2) is 0 Å². The molecule has 0 amide bonds. The van der Waals surface area contributed by atoms with Crippen molar-refractivity contribution in [3.63, 3.8) is 0 Å². The van der Waals surface area contributed by atoms with Gasteiger partial charge in [-0.1, -0.05) is 0 Å². The first-order valence-corrected chi connectivity index (χ1v) is 2.87. The summed E-state index contributed by atoms with van der Waals surface area (Å²) in [6.07, 6.45) is 0. The van der Waals surface area contributed by atoms with Crippen LogP contribution in [0.3, 0.4) is 0 Å². The Bertz CT molecular complexity index is 75.3. The Balaban J connectivity index is 0. The molecule has 0 saturated carbocycles. The van der Waals surface area contributed by atoms with Crippen molar-refractivity contribution in [2.75, 3.05) is 26.3 Å². The molecule has 0 aromatic carbocycles. The largest absolute Gasteiger partial charge is 0.325 e. The normalized spacial score (nSPS) is 18.6. The summed E-state index contributed by atoms with van der Waals surface area (Å²) in [6.45, 7) is 2.08. The van der Waals surface area contributed by atoms with Gasteiger partial charge < -0.3 is 5.73 Å². The van der Waals surface area contributed by atoms with E-state index in [1.54, 1.807) is 0 Å². The van der Waals surface area contributed by atoms with Crippen LogP contribution in [0.5, 0.6) is 0 Å². The standard InChI is InChI=1S/C5H11FN2.2ClH/c6-1-2-8-3-5(7)4-8;;/h5H,1-4,7H2;2*1H. The van der Waals surface area contributed by atoms with Crippen LogP contribution >= 0.6 is 24.8 Å². The summed E-state index contributed by atoms with van der Waals surface area (Å²) in [5.41, 5.74) is 5.44. The Morgan fingerprint density at radius 1 is 1.40 bits per heavy atom. The van der Waals surface area contributed by atoms with Crippen LogP contribution in [0, 0.1) is 0 Å². The lowest BCUT2D eigenvalue weighted by molar-refractivity contribution is 0.140. The number of nitrogens with zero attached hydrogens (tertiary/aromatic N) is 1. The van der Waals surface area contributed by atoms with E-state index >= 15 is 0 Å². The van der Waals surface area contributed by atoms with Gasteiger partial charge in [-0.05, 0) is 0 Å². The molecule has 0 aliphatic carbocycles. The molecular formula is C5H13Cl2FN2. The van der Waals surface area contributed by atoms with Gasteiger partial charge in [0.05, 0.1) is 0 Å². The molecule has 10 heavy (non-hydrogen) atoms. The maximum atomic E-state index is 11.5. The number of alkyl halides is 1. The van der Waals surface area contributed by atoms with E-state index in [0.717, 1.165) is 13.1 Å². The first kappa shape index (κ1) is 13.1. The van der Waals surface area contributed by atoms with Crippen LogP contribution in [0.2, 0.25) is 0 Å². The number of rotatable bonds is 2. The summed E-state index contributed by atoms with van der Waals surface area (Å²) >= 11 is 0. The van der Waals surface area contributed by atoms with Crippen molar-refractivity contribution in [3.8, 4) is 0 Å². The van der Waals surface area contributed by atoms with Crippen molar-refractivity contribution in [1.29, 1.82) is 0 Å². The van der Waals surface area contributed by atoms with Crippen molar-refractivity contribution < 1.29 is 4.39 Å². The molecule has 2 N–H and O–H groups in total. The van der Waals surface area contributed by atoms with E-state index in [2.05, 4.69) is 0 Å². The third-order valence-corrected chi connectivity index (χ3v) is 1.39. The predicted octanol–water partition coefficient (Wildman–Crippen LogP) is 0.442. The number of hydrogen-bond acceptors (Lipinski definition) is 2. The van der Waals surface area contributed by atoms with Crippen molar-refractivity contribution in [2.45, 2.75) is 6.04 Å². The van der Waals surface area contributed by atoms with Crippen molar-refractivity contribution in [1.82, 2.24) is 4.90 Å². The topological polar surface area (TPSA) is 29.3 Å². The fourth-order valence-electron chi connectivity index (χ4n) is 0.912. The molecule has 5 heteroatoms. The number of hydrogen-bond donors (Lipinski definition) is 1. The molecule has 1 aliphatic rings. The molecular weight excluding hydrogens is 178 g/mol. The van der Waals surface area contributed by atoms with Crippen molar-refractivity contribution in [2.24, 2.45) is 5.73 Å². The first-order valence-electron chi connectivity index (χ1n) is 2.87. The van der Waals surface area contributed by atoms with Gasteiger partial charge in [0, 0.05) is 25.7 Å². The summed E-state index contributed by atoms with van der Waals surface area (Å²) in [7, 11) is 0. The van der Waals surface area contributed by atoms with E-state index in [0.29, 0.717) is 12.6 Å². The number of halogens is 3. The molecule has 0 unspecified atom stereocenters. The monoisotopic (exact) mass is 190 g/mol. The maximum Gasteiger partial charge on any atom is 0.102 e. The number of likely N-dealkylation sites (tertiary alicyclic amines) is 1. The molecule has 64 valence electrons. The maximum absolute atomic E-state index is 11.5. The highest BCUT2D eigenvalue weighted by molar-refractivity contribution is 5.85. The SMILES string of the molecule is Cl.Cl.NC1CN(CCF)C1. The van der Waals surface area contributed by atoms with Crippen molar-refractivity contribution in [3.05, 3.63) is 0 Å². The van der Waals surface area contributed by atoms with Crippen LogP contribution in [-0.4, -0.2) is 37.3 Å². The molecule has 0 aromatic heterocycles. The second kappa shape index (κ2) is 6.16. The quantitative estimate of drug-likeness (QED) is 0.686. The summed E-state index contributed by atoms with van der Waals surface area (Å²) < 4.78 is 11.5. The molecule has 1 rings (SSSR count). The molecule has 0 aromatic rings. The van der Waals surface area contributed by atoms with E-state index in [4.69, 9.17) is 5.73 Å². The smallest absolute Gasteiger partial charge is 0.102 e. The summed E-state index contributed by atoms with van der Waals surface area (Å²) in [4.78, 5) is 2.00. The molecule has 0 spiro atoms. The van der Waals surface area contributed by atoms with E-state index in [1.807, 2.05) is 4.90 Å². The highest BCUT2D eigenvalue weighted by Gasteiger charge is 2.21. The summed E-state index contributed by atoms with van der Waals surface area (Å²) in [5.74, 6) is 0. The van der Waals surface area contributed by atoms with Crippen LogP contribution in [0.4, 0.5) is 4.39 Å². The fourth-order valence-corrected chi connectivity index (χ4v) is 0.912. The third kappa shape index (κ3) is 3.56. The zero-order valence-electron chi connectivity index (χ0n) is 5.62. The lowest BCUT2D eigenvalue weighted by atomic mass is 10.1. The van der Waals surface area contributed by atoms with Gasteiger partial charge in [0.1, 0.15) is 6.67 Å². The molecule has 2 nitrogen and oxygen atoms in total. The van der Waals surface area contributed by atoms with E-state index in [1.165, 1.54) is 0 Å². The molecule has 0 radical (unpaired) electrons. The first-order chi connectivity index (χ1) is 3.83. The van der Waals surface area contributed by atoms with E-state index in [9.17, 15) is 4.39 Å². The van der Waals surface area contributed by atoms with E-state index < -0.39 is 0 Å². The minimum atomic E-state index is -0.243. The average Bonchev–Trinajstić information content (AvgIpc) is 1.64. The highest BCUT2D eigenvalue weighted by Crippen LogP contribution is 2.02. The second-order valence-corrected chi connectivity index (χ2v) is 2.21. The minimum absolute atomic E-state index is 0. The molecule has 0 bridgehead atoms. The Morgan fingerprint density at radius 2 is 1.90 bits per heavy atom. The van der Waals surface area contributed by atoms with Gasteiger partial charge in [0.25, 0.3) is 0 Å². The summed E-state index contributed by atoms with van der Waals surface area (Å²) in [5, 5.41) is 0. The Labute approximate surface area is 72.8 Å². The zero-order chi connectivity index (χ0) is 5.98. The lowest BCUT2D eigenvalue weighted by Crippen LogP contribution is -2.56. The molecule has 0 atom stereocenters.